The van der Waals surface area contributed by atoms with Crippen LogP contribution in [0.25, 0.3) is 20.8 Å². The van der Waals surface area contributed by atoms with Crippen molar-refractivity contribution < 1.29 is 9.53 Å². The number of aromatic nitrogens is 1. The molecule has 0 aliphatic heterocycles. The fraction of sp³-hybridized carbons (Fsp3) is 0.259. The molecule has 0 spiro atoms. The summed E-state index contributed by atoms with van der Waals surface area (Å²) < 4.78 is 7.10. The lowest BCUT2D eigenvalue weighted by molar-refractivity contribution is -0.123. The fourth-order valence-electron chi connectivity index (χ4n) is 3.67. The van der Waals surface area contributed by atoms with Crippen LogP contribution in [-0.2, 0) is 11.3 Å². The van der Waals surface area contributed by atoms with Gasteiger partial charge in [0.2, 0.25) is 0 Å². The van der Waals surface area contributed by atoms with E-state index in [2.05, 4.69) is 41.4 Å². The molecule has 4 aromatic rings. The number of amides is 1. The van der Waals surface area contributed by atoms with Crippen molar-refractivity contribution in [3.8, 4) is 16.3 Å². The van der Waals surface area contributed by atoms with Crippen LogP contribution in [0.3, 0.4) is 0 Å². The van der Waals surface area contributed by atoms with Crippen molar-refractivity contribution in [3.63, 3.8) is 0 Å². The molecular formula is C27H29N3O2S. The molecule has 1 N–H and O–H groups in total. The van der Waals surface area contributed by atoms with Crippen molar-refractivity contribution in [2.75, 3.05) is 27.2 Å². The maximum Gasteiger partial charge on any atom is 0.257 e. The average Bonchev–Trinajstić information content (AvgIpc) is 3.26. The first kappa shape index (κ1) is 23.0. The van der Waals surface area contributed by atoms with Crippen LogP contribution in [-0.4, -0.2) is 43.0 Å². The van der Waals surface area contributed by atoms with Crippen LogP contribution >= 0.6 is 11.3 Å². The van der Waals surface area contributed by atoms with E-state index < -0.39 is 0 Å². The number of thiazole rings is 1. The highest BCUT2D eigenvalue weighted by Gasteiger charge is 2.13. The molecule has 6 heteroatoms. The number of carbonyl (C=O) groups excluding carboxylic acids is 1. The number of rotatable bonds is 9. The molecular weight excluding hydrogens is 430 g/mol. The van der Waals surface area contributed by atoms with Crippen LogP contribution in [0.15, 0.2) is 72.8 Å². The second-order valence-electron chi connectivity index (χ2n) is 8.45. The fourth-order valence-corrected chi connectivity index (χ4v) is 4.64. The molecule has 0 saturated heterocycles. The number of nitrogens with zero attached hydrogens (tertiary/aromatic N) is 2. The van der Waals surface area contributed by atoms with E-state index in [1.165, 1.54) is 10.3 Å². The summed E-state index contributed by atoms with van der Waals surface area (Å²) in [6.07, 6.45) is 0. The second kappa shape index (κ2) is 10.6. The van der Waals surface area contributed by atoms with Gasteiger partial charge in [-0.05, 0) is 55.9 Å². The van der Waals surface area contributed by atoms with Gasteiger partial charge in [0, 0.05) is 24.2 Å². The van der Waals surface area contributed by atoms with Crippen LogP contribution in [0.4, 0.5) is 0 Å². The summed E-state index contributed by atoms with van der Waals surface area (Å²) in [5.41, 5.74) is 4.30. The van der Waals surface area contributed by atoms with E-state index in [1.54, 1.807) is 11.3 Å². The molecule has 1 amide bonds. The van der Waals surface area contributed by atoms with Crippen molar-refractivity contribution in [3.05, 3.63) is 83.9 Å². The molecule has 0 aliphatic carbocycles. The number of ether oxygens (including phenoxy) is 1. The Morgan fingerprint density at radius 1 is 1.06 bits per heavy atom. The summed E-state index contributed by atoms with van der Waals surface area (Å²) >= 11 is 1.68. The van der Waals surface area contributed by atoms with E-state index in [9.17, 15) is 4.79 Å². The van der Waals surface area contributed by atoms with Gasteiger partial charge in [-0.3, -0.25) is 4.79 Å². The lowest BCUT2D eigenvalue weighted by atomic mass is 10.0. The third-order valence-electron chi connectivity index (χ3n) is 5.42. The molecule has 0 unspecified atom stereocenters. The topological polar surface area (TPSA) is 54.5 Å². The van der Waals surface area contributed by atoms with E-state index in [0.29, 0.717) is 13.1 Å². The van der Waals surface area contributed by atoms with E-state index in [4.69, 9.17) is 9.72 Å². The Morgan fingerprint density at radius 2 is 1.82 bits per heavy atom. The number of nitrogens with one attached hydrogen (secondary N) is 1. The summed E-state index contributed by atoms with van der Waals surface area (Å²) in [7, 11) is 4.04. The van der Waals surface area contributed by atoms with Gasteiger partial charge in [-0.2, -0.15) is 0 Å². The van der Waals surface area contributed by atoms with E-state index in [0.717, 1.165) is 27.4 Å². The van der Waals surface area contributed by atoms with Gasteiger partial charge in [0.05, 0.1) is 10.2 Å². The zero-order valence-corrected chi connectivity index (χ0v) is 20.1. The van der Waals surface area contributed by atoms with Crippen LogP contribution in [0.5, 0.6) is 5.75 Å². The lowest BCUT2D eigenvalue weighted by Gasteiger charge is -2.17. The number of fused-ring (bicyclic) bond motifs is 1. The third-order valence-corrected chi connectivity index (χ3v) is 6.51. The van der Waals surface area contributed by atoms with Crippen LogP contribution in [0, 0.1) is 0 Å². The van der Waals surface area contributed by atoms with Gasteiger partial charge in [0.25, 0.3) is 5.91 Å². The molecule has 1 heterocycles. The zero-order chi connectivity index (χ0) is 23.2. The molecule has 0 saturated carbocycles. The highest BCUT2D eigenvalue weighted by atomic mass is 32.1. The van der Waals surface area contributed by atoms with Gasteiger partial charge in [-0.1, -0.05) is 49.4 Å². The van der Waals surface area contributed by atoms with Crippen molar-refractivity contribution >= 4 is 27.5 Å². The predicted octanol–water partition coefficient (Wildman–Crippen LogP) is 5.32. The summed E-state index contributed by atoms with van der Waals surface area (Å²) in [6, 6.07) is 24.4. The molecule has 1 atom stereocenters. The zero-order valence-electron chi connectivity index (χ0n) is 19.2. The van der Waals surface area contributed by atoms with Crippen molar-refractivity contribution in [1.29, 1.82) is 0 Å². The number of para-hydroxylation sites is 1. The molecule has 0 aliphatic rings. The molecule has 5 nitrogen and oxygen atoms in total. The predicted molar refractivity (Wildman–Crippen MR) is 136 cm³/mol. The molecule has 170 valence electrons. The van der Waals surface area contributed by atoms with E-state index in [1.807, 2.05) is 62.6 Å². The second-order valence-corrected chi connectivity index (χ2v) is 9.48. The van der Waals surface area contributed by atoms with Gasteiger partial charge in [0.15, 0.2) is 6.61 Å². The summed E-state index contributed by atoms with van der Waals surface area (Å²) in [4.78, 5) is 19.3. The van der Waals surface area contributed by atoms with Gasteiger partial charge in [-0.25, -0.2) is 4.98 Å². The van der Waals surface area contributed by atoms with Crippen molar-refractivity contribution in [2.45, 2.75) is 19.4 Å². The Labute approximate surface area is 199 Å². The standard InChI is InChI=1S/C27H29N3O2S/c1-19(20-9-5-4-6-10-20)16-28-26(31)18-32-24-14-13-21(15-22(24)17-30(2)3)27-29-23-11-7-8-12-25(23)33-27/h4-15,19H,16-18H2,1-3H3,(H,28,31)/t19-/m1/s1. The highest BCUT2D eigenvalue weighted by molar-refractivity contribution is 7.21. The maximum absolute atomic E-state index is 12.4. The monoisotopic (exact) mass is 459 g/mol. The largest absolute Gasteiger partial charge is 0.483 e. The summed E-state index contributed by atoms with van der Waals surface area (Å²) in [6.45, 7) is 3.38. The van der Waals surface area contributed by atoms with Crippen LogP contribution < -0.4 is 10.1 Å². The van der Waals surface area contributed by atoms with Crippen LogP contribution in [0.1, 0.15) is 24.0 Å². The van der Waals surface area contributed by atoms with Crippen LogP contribution in [0.2, 0.25) is 0 Å². The average molecular weight is 460 g/mol. The lowest BCUT2D eigenvalue weighted by Crippen LogP contribution is -2.32. The maximum atomic E-state index is 12.4. The summed E-state index contributed by atoms with van der Waals surface area (Å²) in [5, 5.41) is 3.96. The van der Waals surface area contributed by atoms with Gasteiger partial charge >= 0.3 is 0 Å². The van der Waals surface area contributed by atoms with Gasteiger partial charge in [-0.15, -0.1) is 11.3 Å². The first-order chi connectivity index (χ1) is 16.0. The first-order valence-electron chi connectivity index (χ1n) is 11.1. The minimum absolute atomic E-state index is 0.0115. The Bertz CT molecular complexity index is 1190. The number of benzene rings is 3. The van der Waals surface area contributed by atoms with Gasteiger partial charge in [0.1, 0.15) is 10.8 Å². The molecule has 1 aromatic heterocycles. The Hall–Kier alpha value is -3.22. The third kappa shape index (κ3) is 5.97. The molecule has 0 bridgehead atoms. The smallest absolute Gasteiger partial charge is 0.257 e. The number of hydrogen-bond donors (Lipinski definition) is 1. The highest BCUT2D eigenvalue weighted by Crippen LogP contribution is 2.33. The SMILES string of the molecule is C[C@H](CNC(=O)COc1ccc(-c2nc3ccccc3s2)cc1CN(C)C)c1ccccc1. The molecule has 33 heavy (non-hydrogen) atoms. The minimum atomic E-state index is -0.121. The van der Waals surface area contributed by atoms with E-state index in [-0.39, 0.29) is 18.4 Å². The van der Waals surface area contributed by atoms with Crippen molar-refractivity contribution in [1.82, 2.24) is 15.2 Å². The van der Waals surface area contributed by atoms with E-state index >= 15 is 0 Å². The van der Waals surface area contributed by atoms with Gasteiger partial charge < -0.3 is 15.0 Å². The Kier molecular flexibility index (Phi) is 7.37. The number of carbonyl (C=O) groups is 1. The summed E-state index contributed by atoms with van der Waals surface area (Å²) in [5.74, 6) is 0.844. The Morgan fingerprint density at radius 3 is 2.58 bits per heavy atom. The normalized spacial score (nSPS) is 12.1. The minimum Gasteiger partial charge on any atom is -0.483 e. The molecule has 3 aromatic carbocycles. The van der Waals surface area contributed by atoms with Crippen molar-refractivity contribution in [2.24, 2.45) is 0 Å². The molecule has 4 rings (SSSR count). The molecule has 0 radical (unpaired) electrons. The quantitative estimate of drug-likeness (QED) is 0.368. The number of hydrogen-bond acceptors (Lipinski definition) is 5. The molecule has 0 fully saturated rings. The first-order valence-corrected chi connectivity index (χ1v) is 11.9. The Balaban J connectivity index is 1.42.